The summed E-state index contributed by atoms with van der Waals surface area (Å²) in [6, 6.07) is 25.5. The molecule has 0 aliphatic carbocycles. The van der Waals surface area contributed by atoms with Crippen LogP contribution in [0.2, 0.25) is 0 Å². The molecule has 38 heavy (non-hydrogen) atoms. The topological polar surface area (TPSA) is 116 Å². The van der Waals surface area contributed by atoms with Crippen molar-refractivity contribution in [1.82, 2.24) is 4.57 Å². The van der Waals surface area contributed by atoms with Crippen LogP contribution in [0.4, 0.5) is 11.4 Å². The average Bonchev–Trinajstić information content (AvgIpc) is 2.94. The highest BCUT2D eigenvalue weighted by molar-refractivity contribution is 6.05. The SMILES string of the molecule is COc1ccccc1NC(=O)c1ccc(NC(=O)COC(=O)c2cccn(Cc3ccccc3)c2=O)cc1. The van der Waals surface area contributed by atoms with Gasteiger partial charge in [-0.05, 0) is 54.1 Å². The molecule has 2 amide bonds. The molecule has 0 saturated carbocycles. The Hall–Kier alpha value is -5.18. The maximum absolute atomic E-state index is 12.7. The molecular formula is C29H25N3O6. The Balaban J connectivity index is 1.31. The van der Waals surface area contributed by atoms with Gasteiger partial charge in [0.1, 0.15) is 11.3 Å². The fraction of sp³-hybridized carbons (Fsp3) is 0.103. The van der Waals surface area contributed by atoms with Crippen LogP contribution in [0.25, 0.3) is 0 Å². The van der Waals surface area contributed by atoms with Crippen molar-refractivity contribution < 1.29 is 23.9 Å². The maximum atomic E-state index is 12.7. The first-order chi connectivity index (χ1) is 18.4. The van der Waals surface area contributed by atoms with Gasteiger partial charge >= 0.3 is 5.97 Å². The van der Waals surface area contributed by atoms with Crippen LogP contribution in [0, 0.1) is 0 Å². The standard InChI is InChI=1S/C29H25N3O6/c1-37-25-12-6-5-11-24(25)31-27(34)21-13-15-22(16-14-21)30-26(33)19-38-29(36)23-10-7-17-32(28(23)35)18-20-8-3-2-4-9-20/h2-17H,18-19H2,1H3,(H,30,33)(H,31,34). The minimum absolute atomic E-state index is 0.165. The number of carbonyl (C=O) groups excluding carboxylic acids is 3. The van der Waals surface area contributed by atoms with E-state index in [1.54, 1.807) is 60.8 Å². The molecule has 0 bridgehead atoms. The number of pyridine rings is 1. The number of rotatable bonds is 9. The molecule has 0 spiro atoms. The lowest BCUT2D eigenvalue weighted by atomic mass is 10.2. The quantitative estimate of drug-likeness (QED) is 0.329. The van der Waals surface area contributed by atoms with E-state index in [0.29, 0.717) is 29.2 Å². The summed E-state index contributed by atoms with van der Waals surface area (Å²) in [5.41, 5.74) is 1.54. The van der Waals surface area contributed by atoms with Gasteiger partial charge < -0.3 is 24.7 Å². The number of ether oxygens (including phenoxy) is 2. The number of carbonyl (C=O) groups is 3. The highest BCUT2D eigenvalue weighted by Crippen LogP contribution is 2.23. The van der Waals surface area contributed by atoms with Crippen molar-refractivity contribution in [2.24, 2.45) is 0 Å². The van der Waals surface area contributed by atoms with E-state index in [1.807, 2.05) is 30.3 Å². The summed E-state index contributed by atoms with van der Waals surface area (Å²) >= 11 is 0. The third-order valence-corrected chi connectivity index (χ3v) is 5.56. The molecular weight excluding hydrogens is 486 g/mol. The molecule has 0 aliphatic heterocycles. The van der Waals surface area contributed by atoms with Crippen LogP contribution in [-0.4, -0.2) is 36.1 Å². The number of nitrogens with zero attached hydrogens (tertiary/aromatic N) is 1. The summed E-state index contributed by atoms with van der Waals surface area (Å²) in [5, 5.41) is 5.36. The highest BCUT2D eigenvalue weighted by atomic mass is 16.5. The van der Waals surface area contributed by atoms with Crippen LogP contribution in [0.1, 0.15) is 26.3 Å². The summed E-state index contributed by atoms with van der Waals surface area (Å²) in [7, 11) is 1.52. The van der Waals surface area contributed by atoms with E-state index in [2.05, 4.69) is 10.6 Å². The van der Waals surface area contributed by atoms with Gasteiger partial charge in [0.2, 0.25) is 0 Å². The number of aromatic nitrogens is 1. The van der Waals surface area contributed by atoms with Crippen LogP contribution in [0.5, 0.6) is 5.75 Å². The predicted molar refractivity (Wildman–Crippen MR) is 143 cm³/mol. The second-order valence-electron chi connectivity index (χ2n) is 8.20. The number of hydrogen-bond donors (Lipinski definition) is 2. The van der Waals surface area contributed by atoms with E-state index in [-0.39, 0.29) is 11.5 Å². The predicted octanol–water partition coefficient (Wildman–Crippen LogP) is 3.95. The van der Waals surface area contributed by atoms with Crippen molar-refractivity contribution in [1.29, 1.82) is 0 Å². The van der Waals surface area contributed by atoms with Crippen LogP contribution in [-0.2, 0) is 16.1 Å². The molecule has 1 heterocycles. The second kappa shape index (κ2) is 12.2. The Labute approximate surface area is 218 Å². The van der Waals surface area contributed by atoms with Crippen molar-refractivity contribution in [3.05, 3.63) is 124 Å². The Morgan fingerprint density at radius 2 is 1.53 bits per heavy atom. The first kappa shape index (κ1) is 25.9. The molecule has 0 atom stereocenters. The molecule has 0 aliphatic rings. The zero-order valence-corrected chi connectivity index (χ0v) is 20.5. The number of nitrogens with one attached hydrogen (secondary N) is 2. The van der Waals surface area contributed by atoms with E-state index >= 15 is 0 Å². The molecule has 9 nitrogen and oxygen atoms in total. The molecule has 4 aromatic rings. The molecule has 4 rings (SSSR count). The molecule has 1 aromatic heterocycles. The van der Waals surface area contributed by atoms with Crippen molar-refractivity contribution in [3.63, 3.8) is 0 Å². The van der Waals surface area contributed by atoms with Gasteiger partial charge in [-0.1, -0.05) is 42.5 Å². The Bertz CT molecular complexity index is 1500. The van der Waals surface area contributed by atoms with Gasteiger partial charge in [-0.15, -0.1) is 0 Å². The van der Waals surface area contributed by atoms with Gasteiger partial charge in [-0.3, -0.25) is 14.4 Å². The highest BCUT2D eigenvalue weighted by Gasteiger charge is 2.16. The lowest BCUT2D eigenvalue weighted by molar-refractivity contribution is -0.119. The van der Waals surface area contributed by atoms with E-state index in [0.717, 1.165) is 5.56 Å². The third-order valence-electron chi connectivity index (χ3n) is 5.56. The Morgan fingerprint density at radius 1 is 0.816 bits per heavy atom. The summed E-state index contributed by atoms with van der Waals surface area (Å²) < 4.78 is 11.7. The van der Waals surface area contributed by atoms with Gasteiger partial charge in [0.25, 0.3) is 17.4 Å². The van der Waals surface area contributed by atoms with Gasteiger partial charge in [-0.25, -0.2) is 4.79 Å². The molecule has 9 heteroatoms. The van der Waals surface area contributed by atoms with Crippen LogP contribution in [0.15, 0.2) is 102 Å². The fourth-order valence-electron chi connectivity index (χ4n) is 3.65. The number of esters is 1. The molecule has 192 valence electrons. The molecule has 2 N–H and O–H groups in total. The minimum atomic E-state index is -0.893. The number of hydrogen-bond acceptors (Lipinski definition) is 6. The van der Waals surface area contributed by atoms with Crippen LogP contribution in [0.3, 0.4) is 0 Å². The number of methoxy groups -OCH3 is 1. The van der Waals surface area contributed by atoms with E-state index in [4.69, 9.17) is 9.47 Å². The Kier molecular flexibility index (Phi) is 8.30. The molecule has 0 fully saturated rings. The first-order valence-electron chi connectivity index (χ1n) is 11.7. The van der Waals surface area contributed by atoms with E-state index in [9.17, 15) is 19.2 Å². The Morgan fingerprint density at radius 3 is 2.26 bits per heavy atom. The van der Waals surface area contributed by atoms with Crippen LogP contribution < -0.4 is 20.9 Å². The molecule has 0 unspecified atom stereocenters. The molecule has 3 aromatic carbocycles. The van der Waals surface area contributed by atoms with Gasteiger partial charge in [0, 0.05) is 17.4 Å². The number of amides is 2. The van der Waals surface area contributed by atoms with Crippen molar-refractivity contribution in [2.75, 3.05) is 24.4 Å². The lowest BCUT2D eigenvalue weighted by Crippen LogP contribution is -2.29. The largest absolute Gasteiger partial charge is 0.495 e. The lowest BCUT2D eigenvalue weighted by Gasteiger charge is -2.11. The van der Waals surface area contributed by atoms with Gasteiger partial charge in [0.05, 0.1) is 19.3 Å². The number of benzene rings is 3. The smallest absolute Gasteiger partial charge is 0.344 e. The zero-order chi connectivity index (χ0) is 26.9. The maximum Gasteiger partial charge on any atom is 0.344 e. The minimum Gasteiger partial charge on any atom is -0.495 e. The monoisotopic (exact) mass is 511 g/mol. The first-order valence-corrected chi connectivity index (χ1v) is 11.7. The summed E-state index contributed by atoms with van der Waals surface area (Å²) in [6.45, 7) is -0.282. The summed E-state index contributed by atoms with van der Waals surface area (Å²) in [5.74, 6) is -1.30. The summed E-state index contributed by atoms with van der Waals surface area (Å²) in [4.78, 5) is 50.0. The van der Waals surface area contributed by atoms with Crippen LogP contribution >= 0.6 is 0 Å². The van der Waals surface area contributed by atoms with Crippen molar-refractivity contribution in [3.8, 4) is 5.75 Å². The molecule has 0 radical (unpaired) electrons. The van der Waals surface area contributed by atoms with E-state index < -0.39 is 24.0 Å². The van der Waals surface area contributed by atoms with Crippen molar-refractivity contribution in [2.45, 2.75) is 6.54 Å². The van der Waals surface area contributed by atoms with Gasteiger partial charge in [0.15, 0.2) is 6.61 Å². The normalized spacial score (nSPS) is 10.3. The van der Waals surface area contributed by atoms with Crippen molar-refractivity contribution >= 4 is 29.2 Å². The van der Waals surface area contributed by atoms with Gasteiger partial charge in [-0.2, -0.15) is 0 Å². The third kappa shape index (κ3) is 6.52. The average molecular weight is 512 g/mol. The van der Waals surface area contributed by atoms with E-state index in [1.165, 1.54) is 17.7 Å². The molecule has 0 saturated heterocycles. The summed E-state index contributed by atoms with van der Waals surface area (Å²) in [6.07, 6.45) is 1.58. The number of para-hydroxylation sites is 2. The fourth-order valence-corrected chi connectivity index (χ4v) is 3.65. The zero-order valence-electron chi connectivity index (χ0n) is 20.5. The number of anilines is 2. The second-order valence-corrected chi connectivity index (χ2v) is 8.20.